The third-order valence-corrected chi connectivity index (χ3v) is 2.89. The van der Waals surface area contributed by atoms with E-state index in [0.29, 0.717) is 0 Å². The van der Waals surface area contributed by atoms with E-state index in [9.17, 15) is 5.11 Å². The lowest BCUT2D eigenvalue weighted by molar-refractivity contribution is 0.0926. The van der Waals surface area contributed by atoms with Gasteiger partial charge in [-0.25, -0.2) is 0 Å². The Hall–Kier alpha value is -0.860. The van der Waals surface area contributed by atoms with Crippen LogP contribution in [0, 0.1) is 0 Å². The molecule has 2 N–H and O–H groups in total. The molecule has 0 heterocycles. The smallest absolute Gasteiger partial charge is 0.0693 e. The SMILES string of the molecule is C=C/C=C(\C=C)CNC1CCCCC1O. The second-order valence-corrected chi connectivity index (χ2v) is 4.02. The van der Waals surface area contributed by atoms with Crippen LogP contribution in [0.15, 0.2) is 37.0 Å². The van der Waals surface area contributed by atoms with Crippen LogP contribution in [0.3, 0.4) is 0 Å². The molecule has 0 amide bonds. The summed E-state index contributed by atoms with van der Waals surface area (Å²) in [6.07, 6.45) is 9.69. The van der Waals surface area contributed by atoms with Crippen LogP contribution < -0.4 is 5.32 Å². The van der Waals surface area contributed by atoms with Gasteiger partial charge in [0.25, 0.3) is 0 Å². The van der Waals surface area contributed by atoms with Gasteiger partial charge in [0.2, 0.25) is 0 Å². The Morgan fingerprint density at radius 2 is 2.07 bits per heavy atom. The first-order chi connectivity index (χ1) is 7.27. The molecule has 15 heavy (non-hydrogen) atoms. The Labute approximate surface area is 92.4 Å². The van der Waals surface area contributed by atoms with Crippen LogP contribution in [-0.4, -0.2) is 23.8 Å². The van der Waals surface area contributed by atoms with E-state index >= 15 is 0 Å². The molecule has 0 radical (unpaired) electrons. The zero-order chi connectivity index (χ0) is 11.1. The highest BCUT2D eigenvalue weighted by Gasteiger charge is 2.21. The lowest BCUT2D eigenvalue weighted by Gasteiger charge is -2.28. The lowest BCUT2D eigenvalue weighted by atomic mass is 9.92. The molecule has 2 unspecified atom stereocenters. The minimum atomic E-state index is -0.187. The molecule has 0 aromatic carbocycles. The Bertz CT molecular complexity index is 245. The zero-order valence-electron chi connectivity index (χ0n) is 9.28. The summed E-state index contributed by atoms with van der Waals surface area (Å²) < 4.78 is 0. The minimum Gasteiger partial charge on any atom is -0.392 e. The highest BCUT2D eigenvalue weighted by molar-refractivity contribution is 5.22. The monoisotopic (exact) mass is 207 g/mol. The molecule has 1 fully saturated rings. The van der Waals surface area contributed by atoms with Gasteiger partial charge < -0.3 is 10.4 Å². The molecular weight excluding hydrogens is 186 g/mol. The summed E-state index contributed by atoms with van der Waals surface area (Å²) in [7, 11) is 0. The Morgan fingerprint density at radius 3 is 2.67 bits per heavy atom. The summed E-state index contributed by atoms with van der Waals surface area (Å²) in [5, 5.41) is 13.1. The van der Waals surface area contributed by atoms with Crippen molar-refractivity contribution < 1.29 is 5.11 Å². The summed E-state index contributed by atoms with van der Waals surface area (Å²) in [6.45, 7) is 8.16. The number of hydrogen-bond donors (Lipinski definition) is 2. The van der Waals surface area contributed by atoms with Gasteiger partial charge in [0, 0.05) is 12.6 Å². The van der Waals surface area contributed by atoms with Gasteiger partial charge in [-0.15, -0.1) is 0 Å². The second-order valence-electron chi connectivity index (χ2n) is 4.02. The van der Waals surface area contributed by atoms with Crippen molar-refractivity contribution in [2.75, 3.05) is 6.54 Å². The van der Waals surface area contributed by atoms with Crippen LogP contribution in [0.1, 0.15) is 25.7 Å². The molecule has 1 rings (SSSR count). The van der Waals surface area contributed by atoms with Gasteiger partial charge in [-0.2, -0.15) is 0 Å². The van der Waals surface area contributed by atoms with Crippen molar-refractivity contribution >= 4 is 0 Å². The molecule has 2 nitrogen and oxygen atoms in total. The van der Waals surface area contributed by atoms with E-state index in [1.165, 1.54) is 6.42 Å². The first-order valence-electron chi connectivity index (χ1n) is 5.63. The fourth-order valence-electron chi connectivity index (χ4n) is 1.95. The van der Waals surface area contributed by atoms with E-state index in [4.69, 9.17) is 0 Å². The maximum atomic E-state index is 9.76. The number of nitrogens with one attached hydrogen (secondary N) is 1. The minimum absolute atomic E-state index is 0.187. The molecule has 0 bridgehead atoms. The summed E-state index contributed by atoms with van der Waals surface area (Å²) in [4.78, 5) is 0. The van der Waals surface area contributed by atoms with Gasteiger partial charge in [-0.1, -0.05) is 44.2 Å². The quantitative estimate of drug-likeness (QED) is 0.677. The standard InChI is InChI=1S/C13H21NO/c1-3-7-11(4-2)10-14-12-8-5-6-9-13(12)15/h3-4,7,12-15H,1-2,5-6,8-10H2/b11-7+. The van der Waals surface area contributed by atoms with E-state index in [0.717, 1.165) is 31.4 Å². The molecule has 84 valence electrons. The maximum Gasteiger partial charge on any atom is 0.0693 e. The lowest BCUT2D eigenvalue weighted by Crippen LogP contribution is -2.42. The number of aliphatic hydroxyl groups is 1. The molecule has 0 saturated heterocycles. The Balaban J connectivity index is 2.37. The average molecular weight is 207 g/mol. The Kier molecular flexibility index (Phi) is 5.37. The van der Waals surface area contributed by atoms with Crippen molar-refractivity contribution in [3.8, 4) is 0 Å². The predicted octanol–water partition coefficient (Wildman–Crippen LogP) is 2.18. The Morgan fingerprint density at radius 1 is 1.33 bits per heavy atom. The fourth-order valence-corrected chi connectivity index (χ4v) is 1.95. The molecule has 0 aliphatic heterocycles. The molecule has 2 atom stereocenters. The molecule has 1 saturated carbocycles. The van der Waals surface area contributed by atoms with Crippen molar-refractivity contribution in [2.45, 2.75) is 37.8 Å². The zero-order valence-corrected chi connectivity index (χ0v) is 9.28. The number of aliphatic hydroxyl groups excluding tert-OH is 1. The third kappa shape index (κ3) is 4.02. The summed E-state index contributed by atoms with van der Waals surface area (Å²) >= 11 is 0. The van der Waals surface area contributed by atoms with E-state index in [1.54, 1.807) is 6.08 Å². The molecule has 2 heteroatoms. The van der Waals surface area contributed by atoms with E-state index in [1.807, 2.05) is 12.2 Å². The summed E-state index contributed by atoms with van der Waals surface area (Å²) in [5.41, 5.74) is 1.11. The van der Waals surface area contributed by atoms with Crippen LogP contribution >= 0.6 is 0 Å². The van der Waals surface area contributed by atoms with Crippen LogP contribution in [0.4, 0.5) is 0 Å². The number of allylic oxidation sites excluding steroid dienone is 2. The average Bonchev–Trinajstić information content (AvgIpc) is 2.26. The molecule has 0 aromatic heterocycles. The highest BCUT2D eigenvalue weighted by Crippen LogP contribution is 2.18. The predicted molar refractivity (Wildman–Crippen MR) is 64.7 cm³/mol. The highest BCUT2D eigenvalue weighted by atomic mass is 16.3. The van der Waals surface area contributed by atoms with Gasteiger partial charge in [0.1, 0.15) is 0 Å². The first-order valence-corrected chi connectivity index (χ1v) is 5.63. The maximum absolute atomic E-state index is 9.76. The molecule has 1 aliphatic carbocycles. The summed E-state index contributed by atoms with van der Waals surface area (Å²) in [5.74, 6) is 0. The van der Waals surface area contributed by atoms with Crippen molar-refractivity contribution in [1.82, 2.24) is 5.32 Å². The van der Waals surface area contributed by atoms with Crippen LogP contribution in [0.25, 0.3) is 0 Å². The van der Waals surface area contributed by atoms with Crippen molar-refractivity contribution in [1.29, 1.82) is 0 Å². The normalized spacial score (nSPS) is 27.4. The number of rotatable bonds is 5. The van der Waals surface area contributed by atoms with Crippen LogP contribution in [0.2, 0.25) is 0 Å². The van der Waals surface area contributed by atoms with Crippen molar-refractivity contribution in [2.24, 2.45) is 0 Å². The van der Waals surface area contributed by atoms with Gasteiger partial charge >= 0.3 is 0 Å². The van der Waals surface area contributed by atoms with Gasteiger partial charge in [0.05, 0.1) is 6.10 Å². The largest absolute Gasteiger partial charge is 0.392 e. The fraction of sp³-hybridized carbons (Fsp3) is 0.538. The number of hydrogen-bond acceptors (Lipinski definition) is 2. The molecule has 1 aliphatic rings. The van der Waals surface area contributed by atoms with E-state index in [-0.39, 0.29) is 12.1 Å². The molecule has 0 spiro atoms. The third-order valence-electron chi connectivity index (χ3n) is 2.89. The van der Waals surface area contributed by atoms with Crippen molar-refractivity contribution in [3.05, 3.63) is 37.0 Å². The van der Waals surface area contributed by atoms with Crippen molar-refractivity contribution in [3.63, 3.8) is 0 Å². The van der Waals surface area contributed by atoms with Gasteiger partial charge in [-0.3, -0.25) is 0 Å². The second kappa shape index (κ2) is 6.59. The topological polar surface area (TPSA) is 32.3 Å². The van der Waals surface area contributed by atoms with Gasteiger partial charge in [0.15, 0.2) is 0 Å². The molecule has 0 aromatic rings. The van der Waals surface area contributed by atoms with Gasteiger partial charge in [-0.05, 0) is 18.4 Å². The van der Waals surface area contributed by atoms with Crippen LogP contribution in [0.5, 0.6) is 0 Å². The first kappa shape index (κ1) is 12.2. The summed E-state index contributed by atoms with van der Waals surface area (Å²) in [6, 6.07) is 0.243. The van der Waals surface area contributed by atoms with E-state index < -0.39 is 0 Å². The van der Waals surface area contributed by atoms with E-state index in [2.05, 4.69) is 18.5 Å². The molecular formula is C13H21NO. The van der Waals surface area contributed by atoms with Crippen LogP contribution in [-0.2, 0) is 0 Å².